The van der Waals surface area contributed by atoms with Crippen LogP contribution in [0.15, 0.2) is 77.3 Å². The lowest BCUT2D eigenvalue weighted by atomic mass is 10.1. The molecule has 0 saturated carbocycles. The van der Waals surface area contributed by atoms with Crippen LogP contribution in [0.5, 0.6) is 0 Å². The van der Waals surface area contributed by atoms with E-state index in [0.29, 0.717) is 34.6 Å². The zero-order valence-corrected chi connectivity index (χ0v) is 21.8. The Morgan fingerprint density at radius 3 is 2.54 bits per heavy atom. The molecule has 2 amide bonds. The first-order valence-corrected chi connectivity index (χ1v) is 12.2. The molecule has 3 aromatic rings. The number of amides is 2. The van der Waals surface area contributed by atoms with E-state index in [1.807, 2.05) is 12.1 Å². The van der Waals surface area contributed by atoms with E-state index in [9.17, 15) is 19.2 Å². The topological polar surface area (TPSA) is 101 Å². The van der Waals surface area contributed by atoms with Gasteiger partial charge in [-0.05, 0) is 62.2 Å². The fourth-order valence-corrected chi connectivity index (χ4v) is 3.88. The van der Waals surface area contributed by atoms with Crippen molar-refractivity contribution < 1.29 is 14.4 Å². The predicted molar refractivity (Wildman–Crippen MR) is 145 cm³/mol. The number of nitrogens with one attached hydrogen (secondary N) is 1. The quantitative estimate of drug-likeness (QED) is 0.412. The molecule has 1 aromatic carbocycles. The largest absolute Gasteiger partial charge is 0.352 e. The molecule has 8 nitrogen and oxygen atoms in total. The summed E-state index contributed by atoms with van der Waals surface area (Å²) < 4.78 is 1.20. The standard InChI is InChI=1S/C28H29ClN4O4/c1-4-7-24(34)20(5-2)17-32(3)25(35)18-33-26-21(8-6-14-30-26)16-23(28(33)37)27(36)31-15-13-19-9-11-22(29)12-10-19/h4-12,14,16H,13,15,17-18H2,1-3H3,(H,31,36)/b7-4-,20-5-. The fraction of sp³-hybridized carbons (Fsp3) is 0.250. The van der Waals surface area contributed by atoms with Crippen molar-refractivity contribution >= 4 is 40.2 Å². The molecule has 37 heavy (non-hydrogen) atoms. The van der Waals surface area contributed by atoms with E-state index in [0.717, 1.165) is 5.56 Å². The average Bonchev–Trinajstić information content (AvgIpc) is 2.89. The van der Waals surface area contributed by atoms with Gasteiger partial charge in [0, 0.05) is 42.3 Å². The normalized spacial score (nSPS) is 11.6. The van der Waals surface area contributed by atoms with E-state index in [1.54, 1.807) is 57.3 Å². The van der Waals surface area contributed by atoms with Gasteiger partial charge >= 0.3 is 0 Å². The van der Waals surface area contributed by atoms with Crippen molar-refractivity contribution in [1.29, 1.82) is 0 Å². The van der Waals surface area contributed by atoms with E-state index in [4.69, 9.17) is 11.6 Å². The number of aromatic nitrogens is 2. The van der Waals surface area contributed by atoms with Crippen molar-refractivity contribution in [1.82, 2.24) is 19.8 Å². The minimum Gasteiger partial charge on any atom is -0.352 e. The van der Waals surface area contributed by atoms with Gasteiger partial charge in [-0.3, -0.25) is 23.7 Å². The minimum atomic E-state index is -0.617. The Balaban J connectivity index is 1.81. The molecule has 0 unspecified atom stereocenters. The van der Waals surface area contributed by atoms with Gasteiger partial charge in [-0.1, -0.05) is 35.9 Å². The van der Waals surface area contributed by atoms with E-state index < -0.39 is 17.4 Å². The number of halogens is 1. The molecule has 0 radical (unpaired) electrons. The van der Waals surface area contributed by atoms with Crippen LogP contribution in [0, 0.1) is 0 Å². The first-order chi connectivity index (χ1) is 17.7. The molecule has 1 N–H and O–H groups in total. The number of nitrogens with zero attached hydrogens (tertiary/aromatic N) is 3. The molecule has 2 aromatic heterocycles. The number of carbonyl (C=O) groups excluding carboxylic acids is 3. The lowest BCUT2D eigenvalue weighted by molar-refractivity contribution is -0.130. The molecule has 0 atom stereocenters. The monoisotopic (exact) mass is 520 g/mol. The fourth-order valence-electron chi connectivity index (χ4n) is 3.75. The second-order valence-electron chi connectivity index (χ2n) is 8.43. The smallest absolute Gasteiger partial charge is 0.265 e. The molecular formula is C28H29ClN4O4. The summed E-state index contributed by atoms with van der Waals surface area (Å²) in [7, 11) is 1.56. The van der Waals surface area contributed by atoms with Gasteiger partial charge in [0.2, 0.25) is 5.91 Å². The summed E-state index contributed by atoms with van der Waals surface area (Å²) in [5.74, 6) is -1.12. The third-order valence-corrected chi connectivity index (χ3v) is 6.07. The maximum absolute atomic E-state index is 13.3. The number of likely N-dealkylation sites (N-methyl/N-ethyl adjacent to an activating group) is 1. The molecule has 9 heteroatoms. The number of carbonyl (C=O) groups is 3. The Morgan fingerprint density at radius 1 is 1.14 bits per heavy atom. The summed E-state index contributed by atoms with van der Waals surface area (Å²) in [4.78, 5) is 57.2. The highest BCUT2D eigenvalue weighted by Gasteiger charge is 2.20. The maximum atomic E-state index is 13.3. The molecule has 0 spiro atoms. The number of allylic oxidation sites excluding steroid dienone is 3. The summed E-state index contributed by atoms with van der Waals surface area (Å²) in [6.07, 6.45) is 6.81. The molecule has 0 aliphatic rings. The third kappa shape index (κ3) is 7.01. The van der Waals surface area contributed by atoms with Gasteiger partial charge in [-0.25, -0.2) is 4.98 Å². The van der Waals surface area contributed by atoms with Crippen molar-refractivity contribution in [2.45, 2.75) is 26.8 Å². The van der Waals surface area contributed by atoms with E-state index >= 15 is 0 Å². The number of pyridine rings is 2. The lowest BCUT2D eigenvalue weighted by Gasteiger charge is -2.19. The first kappa shape index (κ1) is 27.5. The second kappa shape index (κ2) is 12.8. The van der Waals surface area contributed by atoms with Gasteiger partial charge in [0.05, 0.1) is 0 Å². The van der Waals surface area contributed by atoms with Gasteiger partial charge in [0.1, 0.15) is 17.8 Å². The summed E-state index contributed by atoms with van der Waals surface area (Å²) in [5, 5.41) is 3.96. The van der Waals surface area contributed by atoms with Crippen LogP contribution < -0.4 is 10.9 Å². The second-order valence-corrected chi connectivity index (χ2v) is 8.86. The van der Waals surface area contributed by atoms with E-state index in [2.05, 4.69) is 10.3 Å². The van der Waals surface area contributed by atoms with Gasteiger partial charge in [0.15, 0.2) is 5.78 Å². The van der Waals surface area contributed by atoms with Crippen LogP contribution in [0.2, 0.25) is 5.02 Å². The van der Waals surface area contributed by atoms with Crippen LogP contribution >= 0.6 is 11.6 Å². The molecule has 0 aliphatic heterocycles. The van der Waals surface area contributed by atoms with Crippen molar-refractivity contribution in [3.8, 4) is 0 Å². The molecule has 2 heterocycles. The highest BCUT2D eigenvalue weighted by molar-refractivity contribution is 6.30. The average molecular weight is 521 g/mol. The van der Waals surface area contributed by atoms with Crippen LogP contribution in [0.4, 0.5) is 0 Å². The van der Waals surface area contributed by atoms with Crippen LogP contribution in [0.1, 0.15) is 29.8 Å². The Bertz CT molecular complexity index is 1420. The van der Waals surface area contributed by atoms with Gasteiger partial charge < -0.3 is 10.2 Å². The van der Waals surface area contributed by atoms with Crippen LogP contribution in [0.3, 0.4) is 0 Å². The zero-order valence-electron chi connectivity index (χ0n) is 21.0. The zero-order chi connectivity index (χ0) is 26.9. The van der Waals surface area contributed by atoms with Crippen molar-refractivity contribution in [2.75, 3.05) is 20.1 Å². The summed E-state index contributed by atoms with van der Waals surface area (Å²) in [6, 6.07) is 12.2. The number of benzene rings is 1. The number of rotatable bonds is 10. The molecule has 3 rings (SSSR count). The van der Waals surface area contributed by atoms with Gasteiger partial charge in [0.25, 0.3) is 11.5 Å². The molecule has 0 saturated heterocycles. The predicted octanol–water partition coefficient (Wildman–Crippen LogP) is 3.57. The first-order valence-electron chi connectivity index (χ1n) is 11.8. The summed E-state index contributed by atoms with van der Waals surface area (Å²) in [6.45, 7) is 3.55. The van der Waals surface area contributed by atoms with Crippen LogP contribution in [0.25, 0.3) is 11.0 Å². The number of hydrogen-bond donors (Lipinski definition) is 1. The Morgan fingerprint density at radius 2 is 1.86 bits per heavy atom. The Kier molecular flexibility index (Phi) is 9.51. The number of ketones is 1. The Hall–Kier alpha value is -4.04. The number of hydrogen-bond acceptors (Lipinski definition) is 5. The van der Waals surface area contributed by atoms with E-state index in [1.165, 1.54) is 27.8 Å². The number of fused-ring (bicyclic) bond motifs is 1. The SMILES string of the molecule is C/C=C\C(=O)/C(=C\C)CN(C)C(=O)Cn1c(=O)c(C(=O)NCCc2ccc(Cl)cc2)cc2cccnc21. The summed E-state index contributed by atoms with van der Waals surface area (Å²) >= 11 is 5.91. The molecular weight excluding hydrogens is 492 g/mol. The van der Waals surface area contributed by atoms with Crippen molar-refractivity contribution in [2.24, 2.45) is 0 Å². The van der Waals surface area contributed by atoms with Crippen LogP contribution in [-0.2, 0) is 22.6 Å². The lowest BCUT2D eigenvalue weighted by Crippen LogP contribution is -2.39. The van der Waals surface area contributed by atoms with Gasteiger partial charge in [-0.2, -0.15) is 0 Å². The minimum absolute atomic E-state index is 0.0792. The van der Waals surface area contributed by atoms with Crippen molar-refractivity contribution in [3.05, 3.63) is 99.0 Å². The van der Waals surface area contributed by atoms with E-state index in [-0.39, 0.29) is 24.4 Å². The van der Waals surface area contributed by atoms with Crippen LogP contribution in [-0.4, -0.2) is 52.2 Å². The molecule has 0 bridgehead atoms. The maximum Gasteiger partial charge on any atom is 0.265 e. The third-order valence-electron chi connectivity index (χ3n) is 5.81. The summed E-state index contributed by atoms with van der Waals surface area (Å²) in [5.41, 5.74) is 1.05. The molecule has 0 aliphatic carbocycles. The van der Waals surface area contributed by atoms with Gasteiger partial charge in [-0.15, -0.1) is 0 Å². The highest BCUT2D eigenvalue weighted by atomic mass is 35.5. The Labute approximate surface area is 220 Å². The molecule has 192 valence electrons. The molecule has 0 fully saturated rings. The highest BCUT2D eigenvalue weighted by Crippen LogP contribution is 2.13. The van der Waals surface area contributed by atoms with Crippen molar-refractivity contribution in [3.63, 3.8) is 0 Å².